The lowest BCUT2D eigenvalue weighted by Gasteiger charge is -2.36. The average Bonchev–Trinajstić information content (AvgIpc) is 3.13. The van der Waals surface area contributed by atoms with Gasteiger partial charge in [0.05, 0.1) is 11.6 Å². The van der Waals surface area contributed by atoms with Crippen LogP contribution in [0.1, 0.15) is 49.3 Å². The second-order valence-electron chi connectivity index (χ2n) is 8.06. The molecule has 0 saturated carbocycles. The first kappa shape index (κ1) is 18.1. The Morgan fingerprint density at radius 3 is 2.41 bits per heavy atom. The highest BCUT2D eigenvalue weighted by atomic mass is 35.5. The smallest absolute Gasteiger partial charge is 0.173 e. The molecular weight excluding hydrogens is 358 g/mol. The topological polar surface area (TPSA) is 46.8 Å². The van der Waals surface area contributed by atoms with Gasteiger partial charge in [0.1, 0.15) is 0 Å². The summed E-state index contributed by atoms with van der Waals surface area (Å²) in [4.78, 5) is 2.46. The summed E-state index contributed by atoms with van der Waals surface area (Å²) >= 11 is 6.14. The van der Waals surface area contributed by atoms with Crippen molar-refractivity contribution in [2.45, 2.75) is 45.3 Å². The summed E-state index contributed by atoms with van der Waals surface area (Å²) in [6, 6.07) is 16.7. The molecule has 6 heteroatoms. The fourth-order valence-corrected chi connectivity index (χ4v) is 3.87. The van der Waals surface area contributed by atoms with Gasteiger partial charge in [-0.25, -0.2) is 4.68 Å². The van der Waals surface area contributed by atoms with Crippen LogP contribution in [0, 0.1) is 0 Å². The Hall–Kier alpha value is -2.24. The van der Waals surface area contributed by atoms with Gasteiger partial charge in [-0.2, -0.15) is 0 Å². The number of benzene rings is 2. The highest BCUT2D eigenvalue weighted by Gasteiger charge is 2.33. The van der Waals surface area contributed by atoms with Crippen molar-refractivity contribution in [1.82, 2.24) is 25.1 Å². The van der Waals surface area contributed by atoms with E-state index in [2.05, 4.69) is 77.6 Å². The van der Waals surface area contributed by atoms with Crippen molar-refractivity contribution in [3.63, 3.8) is 0 Å². The van der Waals surface area contributed by atoms with Gasteiger partial charge in [-0.15, -0.1) is 5.10 Å². The second kappa shape index (κ2) is 7.06. The summed E-state index contributed by atoms with van der Waals surface area (Å²) < 4.78 is 1.94. The molecule has 2 heterocycles. The number of tetrazole rings is 1. The van der Waals surface area contributed by atoms with Gasteiger partial charge in [0, 0.05) is 18.1 Å². The Morgan fingerprint density at radius 1 is 1.00 bits per heavy atom. The molecule has 0 spiro atoms. The molecule has 2 aromatic carbocycles. The molecular formula is C21H24ClN5. The highest BCUT2D eigenvalue weighted by molar-refractivity contribution is 6.30. The van der Waals surface area contributed by atoms with E-state index in [9.17, 15) is 0 Å². The van der Waals surface area contributed by atoms with Crippen LogP contribution in [0.2, 0.25) is 5.02 Å². The van der Waals surface area contributed by atoms with Crippen LogP contribution in [0.3, 0.4) is 0 Å². The first-order valence-electron chi connectivity index (χ1n) is 9.28. The van der Waals surface area contributed by atoms with E-state index in [0.717, 1.165) is 35.9 Å². The third-order valence-electron chi connectivity index (χ3n) is 5.08. The Balaban J connectivity index is 1.78. The van der Waals surface area contributed by atoms with Gasteiger partial charge in [0.15, 0.2) is 5.82 Å². The van der Waals surface area contributed by atoms with Gasteiger partial charge in [-0.1, -0.05) is 48.0 Å². The van der Waals surface area contributed by atoms with Gasteiger partial charge in [-0.3, -0.25) is 4.90 Å². The minimum absolute atomic E-state index is 0.0233. The van der Waals surface area contributed by atoms with Gasteiger partial charge >= 0.3 is 0 Å². The quantitative estimate of drug-likeness (QED) is 0.681. The average molecular weight is 382 g/mol. The third kappa shape index (κ3) is 3.62. The Labute approximate surface area is 165 Å². The molecule has 0 bridgehead atoms. The Kier molecular flexibility index (Phi) is 4.74. The van der Waals surface area contributed by atoms with E-state index in [1.807, 2.05) is 16.8 Å². The van der Waals surface area contributed by atoms with E-state index in [1.165, 1.54) is 11.1 Å². The number of halogens is 1. The Bertz CT molecular complexity index is 926. The van der Waals surface area contributed by atoms with Crippen molar-refractivity contribution < 1.29 is 0 Å². The minimum atomic E-state index is -0.197. The van der Waals surface area contributed by atoms with Gasteiger partial charge < -0.3 is 0 Å². The van der Waals surface area contributed by atoms with Crippen molar-refractivity contribution in [1.29, 1.82) is 0 Å². The van der Waals surface area contributed by atoms with E-state index in [-0.39, 0.29) is 11.6 Å². The lowest BCUT2D eigenvalue weighted by Crippen LogP contribution is -2.38. The van der Waals surface area contributed by atoms with Gasteiger partial charge in [-0.05, 0) is 66.4 Å². The zero-order valence-corrected chi connectivity index (χ0v) is 16.7. The predicted octanol–water partition coefficient (Wildman–Crippen LogP) is 4.23. The Morgan fingerprint density at radius 2 is 1.70 bits per heavy atom. The standard InChI is InChI=1S/C21H24ClN5/c1-21(2,3)27-20(23-24-25-27)19(16-8-10-18(22)11-9-16)26-13-12-15-6-4-5-7-17(15)14-26/h4-11,19H,12-14H2,1-3H3/t19-/m0/s1. The number of hydrogen-bond donors (Lipinski definition) is 0. The van der Waals surface area contributed by atoms with Gasteiger partial charge in [0.25, 0.3) is 0 Å². The number of aromatic nitrogens is 4. The molecule has 0 unspecified atom stereocenters. The molecule has 0 fully saturated rings. The molecule has 0 aliphatic carbocycles. The first-order valence-corrected chi connectivity index (χ1v) is 9.66. The molecule has 4 rings (SSSR count). The SMILES string of the molecule is CC(C)(C)n1nnnc1[C@H](c1ccc(Cl)cc1)N1CCc2ccccc2C1. The molecule has 140 valence electrons. The maximum Gasteiger partial charge on any atom is 0.173 e. The fourth-order valence-electron chi connectivity index (χ4n) is 3.75. The van der Waals surface area contributed by atoms with Crippen molar-refractivity contribution in [2.75, 3.05) is 6.54 Å². The summed E-state index contributed by atoms with van der Waals surface area (Å²) in [5.74, 6) is 0.865. The minimum Gasteiger partial charge on any atom is -0.285 e. The van der Waals surface area contributed by atoms with Crippen LogP contribution >= 0.6 is 11.6 Å². The van der Waals surface area contributed by atoms with Crippen LogP contribution in [0.25, 0.3) is 0 Å². The van der Waals surface area contributed by atoms with E-state index in [4.69, 9.17) is 11.6 Å². The molecule has 0 amide bonds. The van der Waals surface area contributed by atoms with Gasteiger partial charge in [0.2, 0.25) is 0 Å². The van der Waals surface area contributed by atoms with Crippen LogP contribution in [0.4, 0.5) is 0 Å². The number of hydrogen-bond acceptors (Lipinski definition) is 4. The van der Waals surface area contributed by atoms with Crippen LogP contribution in [-0.4, -0.2) is 31.7 Å². The van der Waals surface area contributed by atoms with E-state index in [1.54, 1.807) is 0 Å². The molecule has 1 atom stereocenters. The molecule has 3 aromatic rings. The molecule has 5 nitrogen and oxygen atoms in total. The van der Waals surface area contributed by atoms with Crippen molar-refractivity contribution in [3.05, 3.63) is 76.1 Å². The molecule has 1 aromatic heterocycles. The number of rotatable bonds is 3. The maximum absolute atomic E-state index is 6.14. The van der Waals surface area contributed by atoms with Crippen LogP contribution in [-0.2, 0) is 18.5 Å². The van der Waals surface area contributed by atoms with Crippen LogP contribution < -0.4 is 0 Å². The van der Waals surface area contributed by atoms with Crippen molar-refractivity contribution in [2.24, 2.45) is 0 Å². The molecule has 1 aliphatic rings. The number of nitrogens with zero attached hydrogens (tertiary/aromatic N) is 5. The second-order valence-corrected chi connectivity index (χ2v) is 8.50. The van der Waals surface area contributed by atoms with Crippen molar-refractivity contribution >= 4 is 11.6 Å². The lowest BCUT2D eigenvalue weighted by molar-refractivity contribution is 0.185. The van der Waals surface area contributed by atoms with E-state index < -0.39 is 0 Å². The van der Waals surface area contributed by atoms with Crippen molar-refractivity contribution in [3.8, 4) is 0 Å². The van der Waals surface area contributed by atoms with Crippen LogP contribution in [0.5, 0.6) is 0 Å². The molecule has 0 saturated heterocycles. The number of fused-ring (bicyclic) bond motifs is 1. The summed E-state index contributed by atoms with van der Waals surface area (Å²) in [5, 5.41) is 13.5. The van der Waals surface area contributed by atoms with E-state index in [0.29, 0.717) is 0 Å². The third-order valence-corrected chi connectivity index (χ3v) is 5.34. The monoisotopic (exact) mass is 381 g/mol. The van der Waals surface area contributed by atoms with Crippen LogP contribution in [0.15, 0.2) is 48.5 Å². The first-order chi connectivity index (χ1) is 12.9. The normalized spacial score (nSPS) is 16.1. The molecule has 1 aliphatic heterocycles. The summed E-state index contributed by atoms with van der Waals surface area (Å²) in [6.45, 7) is 8.20. The lowest BCUT2D eigenvalue weighted by atomic mass is 9.95. The predicted molar refractivity (Wildman–Crippen MR) is 107 cm³/mol. The molecule has 0 N–H and O–H groups in total. The molecule has 0 radical (unpaired) electrons. The molecule has 27 heavy (non-hydrogen) atoms. The summed E-state index contributed by atoms with van der Waals surface area (Å²) in [7, 11) is 0. The maximum atomic E-state index is 6.14. The highest BCUT2D eigenvalue weighted by Crippen LogP contribution is 2.33. The summed E-state index contributed by atoms with van der Waals surface area (Å²) in [6.07, 6.45) is 1.03. The summed E-state index contributed by atoms with van der Waals surface area (Å²) in [5.41, 5.74) is 3.76. The zero-order chi connectivity index (χ0) is 19.0. The fraction of sp³-hybridized carbons (Fsp3) is 0.381. The zero-order valence-electron chi connectivity index (χ0n) is 15.9. The van der Waals surface area contributed by atoms with E-state index >= 15 is 0 Å². The largest absolute Gasteiger partial charge is 0.285 e.